The van der Waals surface area contributed by atoms with E-state index >= 15 is 0 Å². The van der Waals surface area contributed by atoms with Gasteiger partial charge >= 0.3 is 6.18 Å². The summed E-state index contributed by atoms with van der Waals surface area (Å²) in [5.74, 6) is 0.206. The van der Waals surface area contributed by atoms with E-state index < -0.39 is 17.6 Å². The standard InChI is InChI=1S/C21H23F3N2O2/c1-28-19-10-3-2-9-17(19)18(26-11-4-5-12-26)14-25-20(27)15-7-6-8-16(13-15)21(22,23)24/h2-3,6-10,13,18H,4-5,11-12,14H2,1H3,(H,25,27)/t18-/m0/s1. The van der Waals surface area contributed by atoms with Crippen molar-refractivity contribution in [1.29, 1.82) is 0 Å². The molecule has 28 heavy (non-hydrogen) atoms. The number of carbonyl (C=O) groups excluding carboxylic acids is 1. The summed E-state index contributed by atoms with van der Waals surface area (Å²) in [6.07, 6.45) is -2.33. The lowest BCUT2D eigenvalue weighted by Gasteiger charge is -2.29. The third kappa shape index (κ3) is 4.65. The number of likely N-dealkylation sites (tertiary alicyclic amines) is 1. The van der Waals surface area contributed by atoms with Gasteiger partial charge in [0.1, 0.15) is 5.75 Å². The Hall–Kier alpha value is -2.54. The van der Waals surface area contributed by atoms with Crippen molar-refractivity contribution in [2.24, 2.45) is 0 Å². The van der Waals surface area contributed by atoms with Crippen LogP contribution in [0, 0.1) is 0 Å². The number of para-hydroxylation sites is 1. The highest BCUT2D eigenvalue weighted by Gasteiger charge is 2.31. The minimum atomic E-state index is -4.48. The fourth-order valence-corrected chi connectivity index (χ4v) is 3.56. The number of amides is 1. The lowest BCUT2D eigenvalue weighted by atomic mass is 10.0. The molecule has 0 spiro atoms. The second-order valence-electron chi connectivity index (χ2n) is 6.79. The molecule has 7 heteroatoms. The summed E-state index contributed by atoms with van der Waals surface area (Å²) in [4.78, 5) is 14.8. The van der Waals surface area contributed by atoms with Crippen molar-refractivity contribution in [2.75, 3.05) is 26.7 Å². The highest BCUT2D eigenvalue weighted by atomic mass is 19.4. The SMILES string of the molecule is COc1ccccc1[C@H](CNC(=O)c1cccc(C(F)(F)F)c1)N1CCCC1. The van der Waals surface area contributed by atoms with Crippen molar-refractivity contribution < 1.29 is 22.7 Å². The van der Waals surface area contributed by atoms with Gasteiger partial charge in [-0.05, 0) is 50.2 Å². The summed E-state index contributed by atoms with van der Waals surface area (Å²) in [5.41, 5.74) is 0.118. The number of rotatable bonds is 6. The van der Waals surface area contributed by atoms with Crippen LogP contribution in [0.5, 0.6) is 5.75 Å². The van der Waals surface area contributed by atoms with Gasteiger partial charge in [-0.2, -0.15) is 13.2 Å². The second kappa shape index (κ2) is 8.65. The first kappa shape index (κ1) is 20.2. The highest BCUT2D eigenvalue weighted by Crippen LogP contribution is 2.32. The second-order valence-corrected chi connectivity index (χ2v) is 6.79. The number of methoxy groups -OCH3 is 1. The number of benzene rings is 2. The Balaban J connectivity index is 1.78. The molecule has 1 saturated heterocycles. The molecule has 4 nitrogen and oxygen atoms in total. The van der Waals surface area contributed by atoms with E-state index in [1.165, 1.54) is 12.1 Å². The van der Waals surface area contributed by atoms with E-state index in [-0.39, 0.29) is 18.2 Å². The van der Waals surface area contributed by atoms with Crippen LogP contribution in [0.1, 0.15) is 40.4 Å². The molecule has 1 fully saturated rings. The number of nitrogens with zero attached hydrogens (tertiary/aromatic N) is 1. The molecule has 0 aromatic heterocycles. The topological polar surface area (TPSA) is 41.6 Å². The predicted octanol–water partition coefficient (Wildman–Crippen LogP) is 4.28. The van der Waals surface area contributed by atoms with E-state index in [1.54, 1.807) is 7.11 Å². The maximum Gasteiger partial charge on any atom is 0.416 e. The van der Waals surface area contributed by atoms with Crippen molar-refractivity contribution in [2.45, 2.75) is 25.1 Å². The normalized spacial score (nSPS) is 16.0. The Labute approximate surface area is 162 Å². The Bertz CT molecular complexity index is 817. The molecule has 1 N–H and O–H groups in total. The van der Waals surface area contributed by atoms with Gasteiger partial charge in [0.15, 0.2) is 0 Å². The molecular weight excluding hydrogens is 369 g/mol. The van der Waals surface area contributed by atoms with Crippen LogP contribution in [0.15, 0.2) is 48.5 Å². The van der Waals surface area contributed by atoms with Gasteiger partial charge in [0.25, 0.3) is 5.91 Å². The van der Waals surface area contributed by atoms with E-state index in [0.29, 0.717) is 0 Å². The van der Waals surface area contributed by atoms with Crippen LogP contribution in [0.4, 0.5) is 13.2 Å². The molecule has 0 unspecified atom stereocenters. The first-order chi connectivity index (χ1) is 13.4. The van der Waals surface area contributed by atoms with Gasteiger partial charge < -0.3 is 10.1 Å². The van der Waals surface area contributed by atoms with E-state index in [2.05, 4.69) is 10.2 Å². The summed E-state index contributed by atoms with van der Waals surface area (Å²) < 4.78 is 44.2. The number of alkyl halides is 3. The number of hydrogen-bond acceptors (Lipinski definition) is 3. The molecule has 0 bridgehead atoms. The van der Waals surface area contributed by atoms with Crippen LogP contribution in [-0.4, -0.2) is 37.6 Å². The molecule has 1 atom stereocenters. The van der Waals surface area contributed by atoms with Crippen LogP contribution < -0.4 is 10.1 Å². The first-order valence-electron chi connectivity index (χ1n) is 9.22. The summed E-state index contributed by atoms with van der Waals surface area (Å²) in [6, 6.07) is 12.0. The number of ether oxygens (including phenoxy) is 1. The molecular formula is C21H23F3N2O2. The van der Waals surface area contributed by atoms with E-state index in [1.807, 2.05) is 24.3 Å². The molecule has 2 aromatic carbocycles. The van der Waals surface area contributed by atoms with Crippen LogP contribution >= 0.6 is 0 Å². The predicted molar refractivity (Wildman–Crippen MR) is 100 cm³/mol. The quantitative estimate of drug-likeness (QED) is 0.798. The van der Waals surface area contributed by atoms with Crippen molar-refractivity contribution in [3.8, 4) is 5.75 Å². The minimum absolute atomic E-state index is 0.00461. The molecule has 0 aliphatic carbocycles. The molecule has 150 valence electrons. The van der Waals surface area contributed by atoms with Crippen molar-refractivity contribution in [3.05, 3.63) is 65.2 Å². The lowest BCUT2D eigenvalue weighted by Crippen LogP contribution is -2.37. The zero-order valence-corrected chi connectivity index (χ0v) is 15.6. The van der Waals surface area contributed by atoms with E-state index in [4.69, 9.17) is 4.74 Å². The van der Waals surface area contributed by atoms with Gasteiger partial charge in [0.05, 0.1) is 18.7 Å². The molecule has 1 aliphatic rings. The van der Waals surface area contributed by atoms with E-state index in [9.17, 15) is 18.0 Å². The van der Waals surface area contributed by atoms with Crippen LogP contribution in [0.3, 0.4) is 0 Å². The summed E-state index contributed by atoms with van der Waals surface area (Å²) in [7, 11) is 1.60. The summed E-state index contributed by atoms with van der Waals surface area (Å²) in [6.45, 7) is 2.10. The Morgan fingerprint density at radius 2 is 1.86 bits per heavy atom. The number of hydrogen-bond donors (Lipinski definition) is 1. The van der Waals surface area contributed by atoms with Crippen molar-refractivity contribution >= 4 is 5.91 Å². The van der Waals surface area contributed by atoms with Gasteiger partial charge in [-0.15, -0.1) is 0 Å². The highest BCUT2D eigenvalue weighted by molar-refractivity contribution is 5.94. The maximum atomic E-state index is 12.9. The van der Waals surface area contributed by atoms with Crippen LogP contribution in [0.2, 0.25) is 0 Å². The third-order valence-electron chi connectivity index (χ3n) is 4.99. The number of halogens is 3. The average Bonchev–Trinajstić information content (AvgIpc) is 3.22. The lowest BCUT2D eigenvalue weighted by molar-refractivity contribution is -0.137. The first-order valence-corrected chi connectivity index (χ1v) is 9.22. The molecule has 1 heterocycles. The monoisotopic (exact) mass is 392 g/mol. The largest absolute Gasteiger partial charge is 0.496 e. The number of carbonyl (C=O) groups is 1. The Kier molecular flexibility index (Phi) is 6.24. The van der Waals surface area contributed by atoms with Gasteiger partial charge in [0.2, 0.25) is 0 Å². The zero-order chi connectivity index (χ0) is 20.1. The smallest absolute Gasteiger partial charge is 0.416 e. The fourth-order valence-electron chi connectivity index (χ4n) is 3.56. The molecule has 2 aromatic rings. The van der Waals surface area contributed by atoms with Crippen molar-refractivity contribution in [3.63, 3.8) is 0 Å². The Morgan fingerprint density at radius 3 is 2.54 bits per heavy atom. The third-order valence-corrected chi connectivity index (χ3v) is 4.99. The summed E-state index contributed by atoms with van der Waals surface area (Å²) >= 11 is 0. The molecule has 0 radical (unpaired) electrons. The van der Waals surface area contributed by atoms with Gasteiger partial charge in [-0.3, -0.25) is 9.69 Å². The van der Waals surface area contributed by atoms with Crippen molar-refractivity contribution in [1.82, 2.24) is 10.2 Å². The average molecular weight is 392 g/mol. The van der Waals surface area contributed by atoms with Gasteiger partial charge in [-0.25, -0.2) is 0 Å². The summed E-state index contributed by atoms with van der Waals surface area (Å²) in [5, 5.41) is 2.80. The zero-order valence-electron chi connectivity index (χ0n) is 15.6. The van der Waals surface area contributed by atoms with E-state index in [0.717, 1.165) is 49.4 Å². The maximum absolute atomic E-state index is 12.9. The van der Waals surface area contributed by atoms with Gasteiger partial charge in [-0.1, -0.05) is 24.3 Å². The number of nitrogens with one attached hydrogen (secondary N) is 1. The molecule has 3 rings (SSSR count). The van der Waals surface area contributed by atoms with Crippen LogP contribution in [-0.2, 0) is 6.18 Å². The van der Waals surface area contributed by atoms with Crippen LogP contribution in [0.25, 0.3) is 0 Å². The fraction of sp³-hybridized carbons (Fsp3) is 0.381. The molecule has 0 saturated carbocycles. The molecule has 1 amide bonds. The molecule has 1 aliphatic heterocycles. The minimum Gasteiger partial charge on any atom is -0.496 e. The Morgan fingerprint density at radius 1 is 1.14 bits per heavy atom. The van der Waals surface area contributed by atoms with Gasteiger partial charge in [0, 0.05) is 17.7 Å².